The number of nitrogens with zero attached hydrogens (tertiary/aromatic N) is 2. The maximum Gasteiger partial charge on any atom is 0.269 e. The molecule has 0 saturated heterocycles. The van der Waals surface area contributed by atoms with Crippen molar-refractivity contribution in [3.8, 4) is 0 Å². The predicted octanol–water partition coefficient (Wildman–Crippen LogP) is 3.26. The van der Waals surface area contributed by atoms with Crippen LogP contribution in [0.25, 0.3) is 6.08 Å². The summed E-state index contributed by atoms with van der Waals surface area (Å²) in [5.74, 6) is -0.929. The number of anilines is 1. The van der Waals surface area contributed by atoms with Crippen molar-refractivity contribution in [2.45, 2.75) is 33.2 Å². The van der Waals surface area contributed by atoms with E-state index in [1.54, 1.807) is 18.3 Å². The van der Waals surface area contributed by atoms with E-state index in [4.69, 9.17) is 0 Å². The third-order valence-electron chi connectivity index (χ3n) is 5.42. The average Bonchev–Trinajstić information content (AvgIpc) is 2.78. The van der Waals surface area contributed by atoms with Gasteiger partial charge in [-0.25, -0.2) is 0 Å². The van der Waals surface area contributed by atoms with Crippen LogP contribution in [-0.2, 0) is 9.59 Å². The highest BCUT2D eigenvalue weighted by molar-refractivity contribution is 5.95. The second-order valence-corrected chi connectivity index (χ2v) is 7.31. The standard InChI is InChI=1S/C24H28N4O3/c1-4-27(5-2)20-12-10-19(11-13-20)24(31)26-25-23(30)16-22-21-9-7-6-8-18(21)14-15-28(22)17(3)29/h6-15,22H,4-5,16H2,1-3H3,(H,25,30)(H,26,31)/t22-/m0/s1. The molecule has 0 bridgehead atoms. The molecule has 1 heterocycles. The highest BCUT2D eigenvalue weighted by Gasteiger charge is 2.28. The summed E-state index contributed by atoms with van der Waals surface area (Å²) in [5.41, 5.74) is 8.28. The number of amides is 3. The Morgan fingerprint density at radius 2 is 1.65 bits per heavy atom. The SMILES string of the molecule is CCN(CC)c1ccc(C(=O)NNC(=O)C[C@H]2c3ccccc3C=CN2C(C)=O)cc1. The Kier molecular flexibility index (Phi) is 7.07. The third-order valence-corrected chi connectivity index (χ3v) is 5.42. The van der Waals surface area contributed by atoms with Crippen molar-refractivity contribution < 1.29 is 14.4 Å². The van der Waals surface area contributed by atoms with E-state index < -0.39 is 11.9 Å². The molecule has 3 rings (SSSR count). The summed E-state index contributed by atoms with van der Waals surface area (Å²) in [4.78, 5) is 40.7. The summed E-state index contributed by atoms with van der Waals surface area (Å²) >= 11 is 0. The van der Waals surface area contributed by atoms with E-state index >= 15 is 0 Å². The molecule has 31 heavy (non-hydrogen) atoms. The lowest BCUT2D eigenvalue weighted by molar-refractivity contribution is -0.130. The van der Waals surface area contributed by atoms with Gasteiger partial charge in [-0.3, -0.25) is 25.2 Å². The van der Waals surface area contributed by atoms with Crippen LogP contribution in [0, 0.1) is 0 Å². The Morgan fingerprint density at radius 3 is 2.29 bits per heavy atom. The van der Waals surface area contributed by atoms with E-state index in [0.29, 0.717) is 5.56 Å². The van der Waals surface area contributed by atoms with E-state index in [1.165, 1.54) is 11.8 Å². The van der Waals surface area contributed by atoms with Gasteiger partial charge in [0.15, 0.2) is 0 Å². The minimum Gasteiger partial charge on any atom is -0.372 e. The molecule has 0 unspecified atom stereocenters. The van der Waals surface area contributed by atoms with Crippen molar-refractivity contribution in [1.29, 1.82) is 0 Å². The zero-order chi connectivity index (χ0) is 22.4. The van der Waals surface area contributed by atoms with Gasteiger partial charge in [-0.15, -0.1) is 0 Å². The summed E-state index contributed by atoms with van der Waals surface area (Å²) in [6.45, 7) is 7.39. The van der Waals surface area contributed by atoms with E-state index in [2.05, 4.69) is 29.6 Å². The number of carbonyl (C=O) groups is 3. The Balaban J connectivity index is 1.62. The van der Waals surface area contributed by atoms with Crippen LogP contribution in [0.5, 0.6) is 0 Å². The monoisotopic (exact) mass is 420 g/mol. The molecule has 7 heteroatoms. The lowest BCUT2D eigenvalue weighted by Gasteiger charge is -2.32. The van der Waals surface area contributed by atoms with E-state index in [0.717, 1.165) is 29.9 Å². The van der Waals surface area contributed by atoms with Crippen LogP contribution in [0.4, 0.5) is 5.69 Å². The van der Waals surface area contributed by atoms with Crippen molar-refractivity contribution in [2.24, 2.45) is 0 Å². The molecule has 0 saturated carbocycles. The molecule has 2 aromatic rings. The van der Waals surface area contributed by atoms with Crippen LogP contribution in [0.15, 0.2) is 54.7 Å². The smallest absolute Gasteiger partial charge is 0.269 e. The minimum absolute atomic E-state index is 0.0299. The van der Waals surface area contributed by atoms with Crippen molar-refractivity contribution in [3.05, 3.63) is 71.4 Å². The summed E-state index contributed by atoms with van der Waals surface area (Å²) in [7, 11) is 0. The van der Waals surface area contributed by atoms with Gasteiger partial charge in [-0.1, -0.05) is 24.3 Å². The van der Waals surface area contributed by atoms with Gasteiger partial charge in [-0.05, 0) is 55.3 Å². The van der Waals surface area contributed by atoms with Crippen LogP contribution in [0.1, 0.15) is 54.7 Å². The Labute approximate surface area is 182 Å². The molecular formula is C24H28N4O3. The summed E-state index contributed by atoms with van der Waals surface area (Å²) in [6.07, 6.45) is 3.58. The quantitative estimate of drug-likeness (QED) is 0.703. The topological polar surface area (TPSA) is 81.8 Å². The van der Waals surface area contributed by atoms with E-state index in [1.807, 2.05) is 42.5 Å². The molecule has 2 N–H and O–H groups in total. The number of nitrogens with one attached hydrogen (secondary N) is 2. The molecule has 0 fully saturated rings. The van der Waals surface area contributed by atoms with Crippen molar-refractivity contribution >= 4 is 29.5 Å². The molecule has 0 aliphatic carbocycles. The Hall–Kier alpha value is -3.61. The number of benzene rings is 2. The van der Waals surface area contributed by atoms with Gasteiger partial charge in [0, 0.05) is 37.5 Å². The molecule has 0 radical (unpaired) electrons. The van der Waals surface area contributed by atoms with Crippen LogP contribution >= 0.6 is 0 Å². The first kappa shape index (κ1) is 22.1. The van der Waals surface area contributed by atoms with Gasteiger partial charge < -0.3 is 9.80 Å². The van der Waals surface area contributed by atoms with Crippen molar-refractivity contribution in [2.75, 3.05) is 18.0 Å². The molecule has 162 valence electrons. The molecule has 3 amide bonds. The first-order valence-corrected chi connectivity index (χ1v) is 10.4. The van der Waals surface area contributed by atoms with Crippen molar-refractivity contribution in [1.82, 2.24) is 15.8 Å². The lowest BCUT2D eigenvalue weighted by Crippen LogP contribution is -2.43. The summed E-state index contributed by atoms with van der Waals surface area (Å²) in [6, 6.07) is 14.5. The average molecular weight is 421 g/mol. The normalized spacial score (nSPS) is 14.5. The highest BCUT2D eigenvalue weighted by atomic mass is 16.2. The number of hydrogen-bond acceptors (Lipinski definition) is 4. The molecule has 1 atom stereocenters. The zero-order valence-corrected chi connectivity index (χ0v) is 18.1. The molecule has 1 aliphatic heterocycles. The summed E-state index contributed by atoms with van der Waals surface area (Å²) in [5, 5.41) is 0. The first-order chi connectivity index (χ1) is 14.9. The lowest BCUT2D eigenvalue weighted by atomic mass is 9.93. The molecule has 0 spiro atoms. The van der Waals surface area contributed by atoms with Crippen LogP contribution in [0.3, 0.4) is 0 Å². The van der Waals surface area contributed by atoms with Gasteiger partial charge >= 0.3 is 0 Å². The molecule has 1 aliphatic rings. The largest absolute Gasteiger partial charge is 0.372 e. The highest BCUT2D eigenvalue weighted by Crippen LogP contribution is 2.32. The molecule has 7 nitrogen and oxygen atoms in total. The Bertz CT molecular complexity index is 981. The number of hydrazine groups is 1. The zero-order valence-electron chi connectivity index (χ0n) is 18.1. The van der Waals surface area contributed by atoms with Gasteiger partial charge in [0.05, 0.1) is 12.5 Å². The van der Waals surface area contributed by atoms with Crippen molar-refractivity contribution in [3.63, 3.8) is 0 Å². The van der Waals surface area contributed by atoms with E-state index in [-0.39, 0.29) is 18.2 Å². The van der Waals surface area contributed by atoms with Gasteiger partial charge in [0.25, 0.3) is 5.91 Å². The maximum atomic E-state index is 12.6. The first-order valence-electron chi connectivity index (χ1n) is 10.4. The van der Waals surface area contributed by atoms with Crippen LogP contribution in [-0.4, -0.2) is 35.7 Å². The van der Waals surface area contributed by atoms with Gasteiger partial charge in [-0.2, -0.15) is 0 Å². The molecule has 0 aromatic heterocycles. The second-order valence-electron chi connectivity index (χ2n) is 7.31. The summed E-state index contributed by atoms with van der Waals surface area (Å²) < 4.78 is 0. The van der Waals surface area contributed by atoms with Crippen LogP contribution in [0.2, 0.25) is 0 Å². The predicted molar refractivity (Wildman–Crippen MR) is 121 cm³/mol. The van der Waals surface area contributed by atoms with E-state index in [9.17, 15) is 14.4 Å². The molecular weight excluding hydrogens is 392 g/mol. The van der Waals surface area contributed by atoms with Gasteiger partial charge in [0.1, 0.15) is 0 Å². The number of hydrogen-bond donors (Lipinski definition) is 2. The van der Waals surface area contributed by atoms with Gasteiger partial charge in [0.2, 0.25) is 11.8 Å². The fourth-order valence-electron chi connectivity index (χ4n) is 3.75. The number of carbonyl (C=O) groups excluding carboxylic acids is 3. The minimum atomic E-state index is -0.427. The fourth-order valence-corrected chi connectivity index (χ4v) is 3.75. The Morgan fingerprint density at radius 1 is 0.968 bits per heavy atom. The number of fused-ring (bicyclic) bond motifs is 1. The molecule has 2 aromatic carbocycles. The second kappa shape index (κ2) is 9.93. The third kappa shape index (κ3) is 5.12. The number of rotatable bonds is 6. The maximum absolute atomic E-state index is 12.6. The fraction of sp³-hybridized carbons (Fsp3) is 0.292. The van der Waals surface area contributed by atoms with Crippen LogP contribution < -0.4 is 15.8 Å².